The Bertz CT molecular complexity index is 211. The number of rotatable bonds is 1. The molecule has 1 aliphatic rings. The summed E-state index contributed by atoms with van der Waals surface area (Å²) in [5.74, 6) is -1.39. The molecule has 0 aliphatic carbocycles. The topological polar surface area (TPSA) is 46.5 Å². The van der Waals surface area contributed by atoms with Gasteiger partial charge in [0.05, 0.1) is 5.38 Å². The molecule has 4 unspecified atom stereocenters. The predicted octanol–water partition coefficient (Wildman–Crippen LogP) is 1.82. The molecule has 1 N–H and O–H groups in total. The molecule has 0 spiro atoms. The van der Waals surface area contributed by atoms with E-state index in [9.17, 15) is 4.79 Å². The highest BCUT2D eigenvalue weighted by Gasteiger charge is 2.57. The van der Waals surface area contributed by atoms with Crippen molar-refractivity contribution in [1.29, 1.82) is 0 Å². The molecule has 4 atom stereocenters. The van der Waals surface area contributed by atoms with Crippen LogP contribution in [0.15, 0.2) is 0 Å². The Morgan fingerprint density at radius 3 is 2.08 bits per heavy atom. The van der Waals surface area contributed by atoms with Crippen LogP contribution in [0.3, 0.4) is 0 Å². The third-order valence-electron chi connectivity index (χ3n) is 1.46. The van der Waals surface area contributed by atoms with E-state index in [-0.39, 0.29) is 0 Å². The summed E-state index contributed by atoms with van der Waals surface area (Å²) in [6.07, 6.45) is 0. The number of halogens is 4. The number of hydrogen-bond donors (Lipinski definition) is 1. The fraction of sp³-hybridized carbons (Fsp3) is 0.800. The van der Waals surface area contributed by atoms with E-state index in [1.165, 1.54) is 0 Å². The summed E-state index contributed by atoms with van der Waals surface area (Å²) in [5, 5.41) is 4.73. The van der Waals surface area contributed by atoms with Crippen molar-refractivity contribution in [1.82, 2.24) is 0 Å². The fourth-order valence-corrected chi connectivity index (χ4v) is 2.01. The summed E-state index contributed by atoms with van der Waals surface area (Å²) in [4.78, 5) is 10.6. The lowest BCUT2D eigenvalue weighted by molar-refractivity contribution is -0.151. The van der Waals surface area contributed by atoms with Crippen LogP contribution in [-0.2, 0) is 9.53 Å². The minimum Gasteiger partial charge on any atom is -0.478 e. The zero-order valence-electron chi connectivity index (χ0n) is 5.51. The average molecular weight is 254 g/mol. The van der Waals surface area contributed by atoms with E-state index < -0.39 is 27.3 Å². The van der Waals surface area contributed by atoms with E-state index in [0.717, 1.165) is 0 Å². The lowest BCUT2D eigenvalue weighted by Gasteiger charge is -2.17. The van der Waals surface area contributed by atoms with Crippen molar-refractivity contribution in [2.45, 2.75) is 21.4 Å². The molecule has 70 valence electrons. The summed E-state index contributed by atoms with van der Waals surface area (Å²) < 4.78 is 4.70. The van der Waals surface area contributed by atoms with Crippen LogP contribution in [-0.4, -0.2) is 32.5 Å². The second kappa shape index (κ2) is 3.39. The molecule has 1 heterocycles. The van der Waals surface area contributed by atoms with Gasteiger partial charge in [-0.25, -0.2) is 4.79 Å². The van der Waals surface area contributed by atoms with Gasteiger partial charge in [-0.3, -0.25) is 0 Å². The van der Waals surface area contributed by atoms with Crippen molar-refractivity contribution in [2.24, 2.45) is 0 Å². The maximum Gasteiger partial charge on any atom is 0.353 e. The normalized spacial score (nSPS) is 47.8. The Morgan fingerprint density at radius 1 is 1.42 bits per heavy atom. The van der Waals surface area contributed by atoms with Gasteiger partial charge in [0.1, 0.15) is 5.38 Å². The van der Waals surface area contributed by atoms with Crippen molar-refractivity contribution in [3.8, 4) is 0 Å². The number of hydrogen-bond acceptors (Lipinski definition) is 2. The van der Waals surface area contributed by atoms with E-state index in [0.29, 0.717) is 0 Å². The van der Waals surface area contributed by atoms with Crippen molar-refractivity contribution in [2.75, 3.05) is 0 Å². The maximum atomic E-state index is 10.6. The summed E-state index contributed by atoms with van der Waals surface area (Å²) in [6, 6.07) is 0. The Balaban J connectivity index is 2.89. The highest BCUT2D eigenvalue weighted by molar-refractivity contribution is 6.44. The van der Waals surface area contributed by atoms with Gasteiger partial charge in [0.25, 0.3) is 5.06 Å². The molecule has 1 saturated heterocycles. The maximum absolute atomic E-state index is 10.6. The van der Waals surface area contributed by atoms with E-state index in [4.69, 9.17) is 56.2 Å². The van der Waals surface area contributed by atoms with Crippen LogP contribution in [0.4, 0.5) is 0 Å². The molecule has 1 fully saturated rings. The largest absolute Gasteiger partial charge is 0.478 e. The first kappa shape index (κ1) is 10.7. The van der Waals surface area contributed by atoms with E-state index in [2.05, 4.69) is 0 Å². The number of alkyl halides is 4. The quantitative estimate of drug-likeness (QED) is 0.726. The van der Waals surface area contributed by atoms with Gasteiger partial charge < -0.3 is 9.84 Å². The highest BCUT2D eigenvalue weighted by Crippen LogP contribution is 2.42. The van der Waals surface area contributed by atoms with Gasteiger partial charge in [-0.1, -0.05) is 23.2 Å². The highest BCUT2D eigenvalue weighted by atomic mass is 35.5. The molecule has 0 saturated carbocycles. The fourth-order valence-electron chi connectivity index (χ4n) is 0.800. The molecular formula is C5H4Cl4O3. The number of ether oxygens (including phenoxy) is 1. The van der Waals surface area contributed by atoms with Gasteiger partial charge in [0.2, 0.25) is 0 Å². The van der Waals surface area contributed by atoms with Crippen molar-refractivity contribution < 1.29 is 14.6 Å². The second-order valence-electron chi connectivity index (χ2n) is 2.27. The zero-order chi connectivity index (χ0) is 9.52. The van der Waals surface area contributed by atoms with Crippen molar-refractivity contribution in [3.63, 3.8) is 0 Å². The van der Waals surface area contributed by atoms with Gasteiger partial charge in [-0.2, -0.15) is 0 Å². The van der Waals surface area contributed by atoms with Crippen LogP contribution >= 0.6 is 46.4 Å². The monoisotopic (exact) mass is 252 g/mol. The van der Waals surface area contributed by atoms with E-state index in [1.807, 2.05) is 0 Å². The first-order chi connectivity index (χ1) is 5.39. The zero-order valence-corrected chi connectivity index (χ0v) is 8.53. The summed E-state index contributed by atoms with van der Waals surface area (Å²) in [5.41, 5.74) is -0.984. The van der Waals surface area contributed by atoms with Crippen LogP contribution in [0.2, 0.25) is 0 Å². The van der Waals surface area contributed by atoms with Gasteiger partial charge in [-0.15, -0.1) is 23.2 Å². The number of carboxylic acid groups (broad SMARTS) is 1. The summed E-state index contributed by atoms with van der Waals surface area (Å²) in [6.45, 7) is 0. The molecule has 3 nitrogen and oxygen atoms in total. The van der Waals surface area contributed by atoms with E-state index >= 15 is 0 Å². The lowest BCUT2D eigenvalue weighted by Crippen LogP contribution is -2.40. The Labute approximate surface area is 88.5 Å². The minimum absolute atomic E-state index is 0.818. The van der Waals surface area contributed by atoms with Gasteiger partial charge in [-0.05, 0) is 0 Å². The molecule has 7 heteroatoms. The predicted molar refractivity (Wildman–Crippen MR) is 46.2 cm³/mol. The summed E-state index contributed by atoms with van der Waals surface area (Å²) in [7, 11) is 0. The molecule has 0 amide bonds. The molecule has 1 rings (SSSR count). The van der Waals surface area contributed by atoms with E-state index in [1.54, 1.807) is 0 Å². The molecule has 0 radical (unpaired) electrons. The standard InChI is InChI=1S/C5H4Cl4O3/c6-1-2(7)5(9,4(10)11)12-3(1)8/h1-3H,(H,10,11). The van der Waals surface area contributed by atoms with Crippen LogP contribution in [0, 0.1) is 0 Å². The molecule has 0 bridgehead atoms. The van der Waals surface area contributed by atoms with Gasteiger partial charge in [0, 0.05) is 0 Å². The first-order valence-corrected chi connectivity index (χ1v) is 4.60. The van der Waals surface area contributed by atoms with Crippen LogP contribution < -0.4 is 0 Å². The van der Waals surface area contributed by atoms with Crippen LogP contribution in [0.1, 0.15) is 0 Å². The van der Waals surface area contributed by atoms with Crippen molar-refractivity contribution >= 4 is 52.4 Å². The lowest BCUT2D eigenvalue weighted by atomic mass is 10.2. The number of carboxylic acids is 1. The summed E-state index contributed by atoms with van der Waals surface area (Å²) >= 11 is 22.2. The Kier molecular flexibility index (Phi) is 3.01. The smallest absolute Gasteiger partial charge is 0.353 e. The molecule has 12 heavy (non-hydrogen) atoms. The molecule has 0 aromatic carbocycles. The van der Waals surface area contributed by atoms with Gasteiger partial charge >= 0.3 is 5.97 Å². The molecule has 0 aromatic rings. The Morgan fingerprint density at radius 2 is 1.92 bits per heavy atom. The molecule has 0 aromatic heterocycles. The molecule has 1 aliphatic heterocycles. The third kappa shape index (κ3) is 1.49. The van der Waals surface area contributed by atoms with Gasteiger partial charge in [0.15, 0.2) is 5.56 Å². The van der Waals surface area contributed by atoms with Crippen LogP contribution in [0.5, 0.6) is 0 Å². The average Bonchev–Trinajstić information content (AvgIpc) is 2.17. The SMILES string of the molecule is O=C(O)C1(Cl)OC(Cl)C(Cl)C1Cl. The molecular weight excluding hydrogens is 250 g/mol. The Hall–Kier alpha value is 0.590. The number of aliphatic carboxylic acids is 1. The van der Waals surface area contributed by atoms with Crippen LogP contribution in [0.25, 0.3) is 0 Å². The first-order valence-electron chi connectivity index (χ1n) is 2.92. The second-order valence-corrected chi connectivity index (χ2v) is 4.23. The third-order valence-corrected chi connectivity index (χ3v) is 3.74. The van der Waals surface area contributed by atoms with Crippen molar-refractivity contribution in [3.05, 3.63) is 0 Å². The minimum atomic E-state index is -2.01. The number of carbonyl (C=O) groups is 1.